The molecule has 0 aromatic rings. The van der Waals surface area contributed by atoms with Crippen LogP contribution in [0.25, 0.3) is 0 Å². The number of hydrogen-bond donors (Lipinski definition) is 2. The number of carbonyl (C=O) groups is 1. The van der Waals surface area contributed by atoms with Crippen molar-refractivity contribution in [3.63, 3.8) is 0 Å². The van der Waals surface area contributed by atoms with E-state index in [9.17, 15) is 4.79 Å². The van der Waals surface area contributed by atoms with Gasteiger partial charge in [0.05, 0.1) is 0 Å². The molecule has 0 aliphatic carbocycles. The van der Waals surface area contributed by atoms with E-state index in [0.717, 1.165) is 12.8 Å². The van der Waals surface area contributed by atoms with Crippen molar-refractivity contribution in [2.24, 2.45) is 0 Å². The van der Waals surface area contributed by atoms with E-state index < -0.39 is 10.4 Å². The summed E-state index contributed by atoms with van der Waals surface area (Å²) in [7, 11) is -4.67. The third kappa shape index (κ3) is 38.2. The van der Waals surface area contributed by atoms with Gasteiger partial charge in [0.15, 0.2) is 0 Å². The minimum atomic E-state index is -4.67. The average molecular weight is 320 g/mol. The number of carbonyl (C=O) groups excluding carboxylic acids is 1. The predicted octanol–water partition coefficient (Wildman–Crippen LogP) is 2.95. The van der Waals surface area contributed by atoms with Gasteiger partial charge in [-0.1, -0.05) is 0 Å². The molecule has 0 aliphatic heterocycles. The molecule has 0 fully saturated rings. The second-order valence-electron chi connectivity index (χ2n) is 4.73. The summed E-state index contributed by atoms with van der Waals surface area (Å²) in [5.74, 6) is 0. The van der Waals surface area contributed by atoms with E-state index >= 15 is 0 Å². The maximum atomic E-state index is 10.7. The van der Waals surface area contributed by atoms with Gasteiger partial charge in [-0.25, -0.2) is 0 Å². The van der Waals surface area contributed by atoms with Crippen LogP contribution in [0.4, 0.5) is 0 Å². The second kappa shape index (κ2) is 15.6. The van der Waals surface area contributed by atoms with Gasteiger partial charge in [-0.3, -0.25) is 9.11 Å². The first kappa shape index (κ1) is 22.5. The van der Waals surface area contributed by atoms with Gasteiger partial charge in [0.25, 0.3) is 0 Å². The molecule has 0 amide bonds. The Labute approximate surface area is 151 Å². The molecule has 0 bridgehead atoms. The van der Waals surface area contributed by atoms with Gasteiger partial charge in [0, 0.05) is 0 Å². The standard InChI is InChI=1S/C12H23O.K.H2O4S/c1-2-3-4-5-6-7-8-9-10-11-12-13;;1-5(2,3)4/h2-11H2,1H3;;(H2,1,2,3,4). The molecule has 19 heavy (non-hydrogen) atoms. The predicted molar refractivity (Wildman–Crippen MR) is 76.8 cm³/mol. The first-order valence-electron chi connectivity index (χ1n) is 6.96. The first-order valence-corrected chi connectivity index (χ1v) is 9.92. The Balaban J connectivity index is 0. The molecule has 7 heteroatoms. The summed E-state index contributed by atoms with van der Waals surface area (Å²) < 4.78 is 32.1. The summed E-state index contributed by atoms with van der Waals surface area (Å²) >= 11 is 0.424. The quantitative estimate of drug-likeness (QED) is 0.367. The van der Waals surface area contributed by atoms with Gasteiger partial charge in [0.1, 0.15) is 0 Å². The molecule has 0 unspecified atom stereocenters. The minimum absolute atomic E-state index is 0.424. The summed E-state index contributed by atoms with van der Waals surface area (Å²) in [6.45, 7) is 2.26. The molecule has 0 aliphatic rings. The van der Waals surface area contributed by atoms with Crippen molar-refractivity contribution in [2.45, 2.75) is 71.1 Å². The van der Waals surface area contributed by atoms with E-state index in [1.165, 1.54) is 51.4 Å². The fraction of sp³-hybridized carbons (Fsp3) is 0.917. The van der Waals surface area contributed by atoms with Gasteiger partial charge in [0.2, 0.25) is 0 Å². The van der Waals surface area contributed by atoms with Gasteiger partial charge in [-0.15, -0.1) is 0 Å². The molecule has 5 nitrogen and oxygen atoms in total. The zero-order chi connectivity index (χ0) is 15.1. The first-order chi connectivity index (χ1) is 8.77. The van der Waals surface area contributed by atoms with Crippen LogP contribution in [0.15, 0.2) is 0 Å². The number of hydrogen-bond acceptors (Lipinski definition) is 3. The Kier molecular flexibility index (Phi) is 18.4. The molecule has 0 heterocycles. The summed E-state index contributed by atoms with van der Waals surface area (Å²) in [6, 6.07) is 0. The summed E-state index contributed by atoms with van der Waals surface area (Å²) in [5, 5.41) is 0. The molecule has 0 aromatic heterocycles. The second-order valence-corrected chi connectivity index (χ2v) is 7.37. The molecule has 0 spiro atoms. The van der Waals surface area contributed by atoms with E-state index in [1.807, 2.05) is 0 Å². The van der Waals surface area contributed by atoms with Gasteiger partial charge in [-0.05, 0) is 0 Å². The van der Waals surface area contributed by atoms with Gasteiger partial charge >= 0.3 is 135 Å². The molecule has 0 rings (SSSR count). The van der Waals surface area contributed by atoms with Crippen molar-refractivity contribution < 1.29 is 22.3 Å². The van der Waals surface area contributed by atoms with Gasteiger partial charge in [-0.2, -0.15) is 8.42 Å². The largest absolute Gasteiger partial charge is 0.394 e. The van der Waals surface area contributed by atoms with Crippen molar-refractivity contribution in [2.75, 3.05) is 0 Å². The van der Waals surface area contributed by atoms with Crippen LogP contribution in [0.3, 0.4) is 0 Å². The Bertz CT molecular complexity index is 295. The average Bonchev–Trinajstić information content (AvgIpc) is 2.24. The van der Waals surface area contributed by atoms with Crippen LogP contribution < -0.4 is 0 Å². The monoisotopic (exact) mass is 320 g/mol. The van der Waals surface area contributed by atoms with Crippen LogP contribution in [0, 0.1) is 0 Å². The smallest absolute Gasteiger partial charge is 0.264 e. The Hall–Kier alpha value is 1.18. The zero-order valence-electron chi connectivity index (χ0n) is 12.1. The Morgan fingerprint density at radius 2 is 1.21 bits per heavy atom. The number of unbranched alkanes of at least 4 members (excludes halogenated alkanes) is 8. The molecular weight excluding hydrogens is 295 g/mol. The summed E-state index contributed by atoms with van der Waals surface area (Å²) in [6.07, 6.45) is 13.0. The van der Waals surface area contributed by atoms with Crippen molar-refractivity contribution >= 4 is 59.2 Å². The van der Waals surface area contributed by atoms with Crippen LogP contribution in [0.1, 0.15) is 71.1 Å². The van der Waals surface area contributed by atoms with E-state index in [4.69, 9.17) is 17.5 Å². The number of rotatable bonds is 10. The Morgan fingerprint density at radius 1 is 0.895 bits per heavy atom. The van der Waals surface area contributed by atoms with Crippen LogP contribution in [-0.4, -0.2) is 66.4 Å². The fourth-order valence-electron chi connectivity index (χ4n) is 1.68. The SMILES string of the molecule is CCCCCCCCCCC[C](=O)[K].O=S(=O)(O)O. The van der Waals surface area contributed by atoms with Crippen LogP contribution in [0.2, 0.25) is 0 Å². The third-order valence-electron chi connectivity index (χ3n) is 2.63. The molecule has 110 valence electrons. The van der Waals surface area contributed by atoms with Crippen molar-refractivity contribution in [3.8, 4) is 0 Å². The molecule has 2 N–H and O–H groups in total. The van der Waals surface area contributed by atoms with Crippen molar-refractivity contribution in [1.82, 2.24) is 0 Å². The summed E-state index contributed by atoms with van der Waals surface area (Å²) in [5.41, 5.74) is 0. The molecule has 0 saturated carbocycles. The minimum Gasteiger partial charge on any atom is -0.264 e. The van der Waals surface area contributed by atoms with Crippen LogP contribution in [-0.2, 0) is 15.2 Å². The zero-order valence-corrected chi connectivity index (χ0v) is 16.0. The van der Waals surface area contributed by atoms with E-state index in [2.05, 4.69) is 6.92 Å². The van der Waals surface area contributed by atoms with Crippen LogP contribution >= 0.6 is 0 Å². The van der Waals surface area contributed by atoms with E-state index in [-0.39, 0.29) is 0 Å². The topological polar surface area (TPSA) is 91.7 Å². The van der Waals surface area contributed by atoms with Crippen molar-refractivity contribution in [1.29, 1.82) is 0 Å². The van der Waals surface area contributed by atoms with E-state index in [1.54, 1.807) is 0 Å². The molecule has 0 radical (unpaired) electrons. The third-order valence-corrected chi connectivity index (χ3v) is 3.41. The molecule has 0 aromatic carbocycles. The molecule has 0 saturated heterocycles. The van der Waals surface area contributed by atoms with Crippen molar-refractivity contribution in [3.05, 3.63) is 0 Å². The summed E-state index contributed by atoms with van der Waals surface area (Å²) in [4.78, 5) is 10.7. The maximum Gasteiger partial charge on any atom is 0.394 e. The Morgan fingerprint density at radius 3 is 1.53 bits per heavy atom. The van der Waals surface area contributed by atoms with Gasteiger partial charge < -0.3 is 0 Å². The normalized spacial score (nSPS) is 10.8. The fourth-order valence-corrected chi connectivity index (χ4v) is 2.24. The maximum absolute atomic E-state index is 10.7. The van der Waals surface area contributed by atoms with E-state index in [0.29, 0.717) is 48.8 Å². The molecule has 0 atom stereocenters. The van der Waals surface area contributed by atoms with Crippen LogP contribution in [0.5, 0.6) is 0 Å². The molecular formula is C12H25KO5S.